The van der Waals surface area contributed by atoms with Crippen molar-refractivity contribution in [3.05, 3.63) is 0 Å². The quantitative estimate of drug-likeness (QED) is 0.294. The minimum atomic E-state index is -0.583. The molecule has 0 aromatic carbocycles. The molecule has 1 heterocycles. The number of carbonyl (C=O) groups is 3. The smallest absolute Gasteiger partial charge is 0.308 e. The molecular weight excluding hydrogens is 508 g/mol. The summed E-state index contributed by atoms with van der Waals surface area (Å²) in [7, 11) is 0. The van der Waals surface area contributed by atoms with E-state index in [0.717, 1.165) is 45.1 Å². The van der Waals surface area contributed by atoms with E-state index in [2.05, 4.69) is 20.8 Å². The van der Waals surface area contributed by atoms with Crippen molar-refractivity contribution in [1.82, 2.24) is 0 Å². The molecular formula is C33H52O7. The van der Waals surface area contributed by atoms with Crippen LogP contribution >= 0.6 is 0 Å². The first-order valence-electron chi connectivity index (χ1n) is 16.1. The van der Waals surface area contributed by atoms with E-state index in [9.17, 15) is 19.5 Å². The molecule has 4 saturated carbocycles. The number of hydrogen-bond donors (Lipinski definition) is 1. The van der Waals surface area contributed by atoms with Gasteiger partial charge in [0, 0.05) is 43.1 Å². The summed E-state index contributed by atoms with van der Waals surface area (Å²) in [4.78, 5) is 40.5. The van der Waals surface area contributed by atoms with Gasteiger partial charge in [-0.05, 0) is 86.4 Å². The van der Waals surface area contributed by atoms with Crippen LogP contribution in [0.25, 0.3) is 0 Å². The summed E-state index contributed by atoms with van der Waals surface area (Å²) in [6.07, 6.45) is 7.39. The molecule has 226 valence electrons. The molecule has 7 nitrogen and oxygen atoms in total. The van der Waals surface area contributed by atoms with Crippen LogP contribution in [0.2, 0.25) is 0 Å². The summed E-state index contributed by atoms with van der Waals surface area (Å²) >= 11 is 0. The van der Waals surface area contributed by atoms with E-state index in [-0.39, 0.29) is 65.0 Å². The van der Waals surface area contributed by atoms with E-state index in [4.69, 9.17) is 14.2 Å². The Morgan fingerprint density at radius 2 is 1.85 bits per heavy atom. The summed E-state index contributed by atoms with van der Waals surface area (Å²) in [5.74, 6) is 1.12. The zero-order valence-corrected chi connectivity index (χ0v) is 25.4. The molecule has 1 saturated heterocycles. The Labute approximate surface area is 240 Å². The van der Waals surface area contributed by atoms with Crippen molar-refractivity contribution in [2.45, 2.75) is 124 Å². The predicted octanol–water partition coefficient (Wildman–Crippen LogP) is 5.50. The first-order valence-corrected chi connectivity index (χ1v) is 16.1. The molecule has 7 heteroatoms. The number of esters is 1. The normalized spacial score (nSPS) is 42.7. The van der Waals surface area contributed by atoms with Gasteiger partial charge >= 0.3 is 5.97 Å². The third kappa shape index (κ3) is 5.44. The number of hydrogen-bond acceptors (Lipinski definition) is 7. The van der Waals surface area contributed by atoms with Gasteiger partial charge in [0.25, 0.3) is 0 Å². The number of rotatable bonds is 9. The number of aliphatic hydroxyl groups is 1. The van der Waals surface area contributed by atoms with Crippen LogP contribution in [0.5, 0.6) is 0 Å². The van der Waals surface area contributed by atoms with Crippen molar-refractivity contribution in [3.8, 4) is 0 Å². The first-order chi connectivity index (χ1) is 18.9. The van der Waals surface area contributed by atoms with Gasteiger partial charge in [-0.1, -0.05) is 34.6 Å². The summed E-state index contributed by atoms with van der Waals surface area (Å²) in [5, 5.41) is 10.3. The molecule has 0 spiro atoms. The zero-order valence-electron chi connectivity index (χ0n) is 25.4. The maximum atomic E-state index is 14.0. The highest BCUT2D eigenvalue weighted by Gasteiger charge is 2.66. The molecule has 4 aliphatic carbocycles. The SMILES string of the molecule is CC(C)C(OCC1CCCO1)OC(=O)CCC(C)C1CCC2C3C(=O)CC4CC(O)CCC4(C)C3CC(=O)C12C. The molecule has 40 heavy (non-hydrogen) atoms. The van der Waals surface area contributed by atoms with Crippen molar-refractivity contribution < 1.29 is 33.7 Å². The minimum Gasteiger partial charge on any atom is -0.435 e. The molecule has 5 aliphatic rings. The fraction of sp³-hybridized carbons (Fsp3) is 0.909. The van der Waals surface area contributed by atoms with Crippen LogP contribution in [-0.4, -0.2) is 54.4 Å². The van der Waals surface area contributed by atoms with Crippen LogP contribution in [0.3, 0.4) is 0 Å². The monoisotopic (exact) mass is 560 g/mol. The van der Waals surface area contributed by atoms with E-state index < -0.39 is 11.7 Å². The van der Waals surface area contributed by atoms with Crippen LogP contribution in [-0.2, 0) is 28.6 Å². The van der Waals surface area contributed by atoms with E-state index in [0.29, 0.717) is 50.3 Å². The third-order valence-electron chi connectivity index (χ3n) is 12.1. The minimum absolute atomic E-state index is 0.0405. The Morgan fingerprint density at radius 1 is 1.07 bits per heavy atom. The highest BCUT2D eigenvalue weighted by molar-refractivity contribution is 5.92. The Morgan fingerprint density at radius 3 is 2.55 bits per heavy atom. The van der Waals surface area contributed by atoms with Gasteiger partial charge in [0.05, 0.1) is 18.8 Å². The first kappa shape index (κ1) is 30.2. The second-order valence-corrected chi connectivity index (χ2v) is 14.7. The largest absolute Gasteiger partial charge is 0.435 e. The number of Topliss-reactive ketones (excluding diaryl/α,β-unsaturated/α-hetero) is 2. The third-order valence-corrected chi connectivity index (χ3v) is 12.1. The summed E-state index contributed by atoms with van der Waals surface area (Å²) in [5.41, 5.74) is -0.552. The molecule has 5 fully saturated rings. The van der Waals surface area contributed by atoms with Gasteiger partial charge in [-0.2, -0.15) is 0 Å². The second kappa shape index (κ2) is 11.8. The van der Waals surface area contributed by atoms with E-state index >= 15 is 0 Å². The highest BCUT2D eigenvalue weighted by atomic mass is 16.7. The van der Waals surface area contributed by atoms with Gasteiger partial charge in [0.2, 0.25) is 6.29 Å². The van der Waals surface area contributed by atoms with Gasteiger partial charge < -0.3 is 19.3 Å². The molecule has 0 radical (unpaired) electrons. The number of ether oxygens (including phenoxy) is 3. The summed E-state index contributed by atoms with van der Waals surface area (Å²) < 4.78 is 17.3. The van der Waals surface area contributed by atoms with Crippen LogP contribution in [0.1, 0.15) is 105 Å². The lowest BCUT2D eigenvalue weighted by molar-refractivity contribution is -0.195. The number of carbonyl (C=O) groups excluding carboxylic acids is 3. The van der Waals surface area contributed by atoms with Gasteiger partial charge in [-0.3, -0.25) is 14.4 Å². The standard InChI is InChI=1S/C33H52O7/c1-19(2)31(39-18-23-7-6-14-38-23)40-29(37)11-8-20(3)24-9-10-25-30-26(17-28(36)33(24,25)5)32(4)13-12-22(34)15-21(32)16-27(30)35/h19-26,30-31,34H,6-18H2,1-5H3. The van der Waals surface area contributed by atoms with E-state index in [1.165, 1.54) is 0 Å². The highest BCUT2D eigenvalue weighted by Crippen LogP contribution is 2.66. The fourth-order valence-corrected chi connectivity index (χ4v) is 9.65. The predicted molar refractivity (Wildman–Crippen MR) is 150 cm³/mol. The summed E-state index contributed by atoms with van der Waals surface area (Å²) in [6, 6.07) is 0. The average Bonchev–Trinajstić information content (AvgIpc) is 3.55. The molecule has 11 unspecified atom stereocenters. The van der Waals surface area contributed by atoms with E-state index in [1.54, 1.807) is 0 Å². The fourth-order valence-electron chi connectivity index (χ4n) is 9.65. The lowest BCUT2D eigenvalue weighted by atomic mass is 9.43. The van der Waals surface area contributed by atoms with Crippen molar-refractivity contribution >= 4 is 17.5 Å². The van der Waals surface area contributed by atoms with Crippen LogP contribution in [0.4, 0.5) is 0 Å². The topological polar surface area (TPSA) is 99.1 Å². The van der Waals surface area contributed by atoms with E-state index in [1.807, 2.05) is 13.8 Å². The second-order valence-electron chi connectivity index (χ2n) is 14.7. The maximum Gasteiger partial charge on any atom is 0.308 e. The molecule has 0 aromatic rings. The number of aliphatic hydroxyl groups excluding tert-OH is 1. The van der Waals surface area contributed by atoms with Crippen LogP contribution in [0.15, 0.2) is 0 Å². The lowest BCUT2D eigenvalue weighted by Crippen LogP contribution is -2.60. The molecule has 1 N–H and O–H groups in total. The van der Waals surface area contributed by atoms with Crippen molar-refractivity contribution in [2.75, 3.05) is 13.2 Å². The van der Waals surface area contributed by atoms with Crippen molar-refractivity contribution in [3.63, 3.8) is 0 Å². The van der Waals surface area contributed by atoms with Crippen LogP contribution in [0, 0.1) is 52.3 Å². The molecule has 0 aromatic heterocycles. The number of ketones is 2. The van der Waals surface area contributed by atoms with Gasteiger partial charge in [0.1, 0.15) is 11.6 Å². The molecule has 11 atom stereocenters. The van der Waals surface area contributed by atoms with Gasteiger partial charge in [0.15, 0.2) is 0 Å². The molecule has 0 bridgehead atoms. The van der Waals surface area contributed by atoms with Crippen molar-refractivity contribution in [2.24, 2.45) is 52.3 Å². The van der Waals surface area contributed by atoms with Gasteiger partial charge in [-0.25, -0.2) is 0 Å². The summed E-state index contributed by atoms with van der Waals surface area (Å²) in [6.45, 7) is 11.8. The van der Waals surface area contributed by atoms with Gasteiger partial charge in [-0.15, -0.1) is 0 Å². The van der Waals surface area contributed by atoms with Crippen LogP contribution < -0.4 is 0 Å². The Kier molecular flexibility index (Phi) is 8.86. The maximum absolute atomic E-state index is 14.0. The molecule has 5 rings (SSSR count). The van der Waals surface area contributed by atoms with Crippen molar-refractivity contribution in [1.29, 1.82) is 0 Å². The Bertz CT molecular complexity index is 956. The zero-order chi connectivity index (χ0) is 28.8. The lowest BCUT2D eigenvalue weighted by Gasteiger charge is -2.59. The Balaban J connectivity index is 1.20. The average molecular weight is 561 g/mol. The molecule has 0 amide bonds. The number of fused-ring (bicyclic) bond motifs is 5. The Hall–Kier alpha value is -1.31. The molecule has 1 aliphatic heterocycles.